The van der Waals surface area contributed by atoms with E-state index >= 15 is 0 Å². The quantitative estimate of drug-likeness (QED) is 0.781. The zero-order valence-electron chi connectivity index (χ0n) is 11.0. The third kappa shape index (κ3) is 3.29. The van der Waals surface area contributed by atoms with Gasteiger partial charge in [-0.1, -0.05) is 23.8 Å². The molecule has 1 aromatic heterocycles. The minimum Gasteiger partial charge on any atom is -0.389 e. The Balaban J connectivity index is 2.50. The first-order valence-electron chi connectivity index (χ1n) is 5.88. The maximum atomic E-state index is 5.94. The lowest BCUT2D eigenvalue weighted by atomic mass is 10.1. The molecule has 0 spiro atoms. The van der Waals surface area contributed by atoms with Gasteiger partial charge in [-0.25, -0.2) is 0 Å². The number of nitrogens with zero attached hydrogens (tertiary/aromatic N) is 1. The summed E-state index contributed by atoms with van der Waals surface area (Å²) in [5.41, 5.74) is 9.99. The van der Waals surface area contributed by atoms with Crippen LogP contribution in [0.2, 0.25) is 5.02 Å². The van der Waals surface area contributed by atoms with Crippen LogP contribution in [-0.4, -0.2) is 9.97 Å². The number of anilines is 2. The van der Waals surface area contributed by atoms with Crippen molar-refractivity contribution in [2.45, 2.75) is 13.8 Å². The number of benzene rings is 1. The standard InChI is InChI=1S/C14H13BrClN3S/c1-7-5-12(13(14(17)20)8(2)18-7)19-11-4-3-9(16)6-10(11)15/h3-6H,1-2H3,(H2,17,20)(H,18,19). The van der Waals surface area contributed by atoms with Crippen LogP contribution < -0.4 is 11.1 Å². The van der Waals surface area contributed by atoms with Gasteiger partial charge in [0.05, 0.1) is 16.9 Å². The molecule has 0 amide bonds. The minimum atomic E-state index is 0.322. The van der Waals surface area contributed by atoms with E-state index in [0.29, 0.717) is 10.0 Å². The van der Waals surface area contributed by atoms with Gasteiger partial charge in [-0.3, -0.25) is 4.98 Å². The van der Waals surface area contributed by atoms with Gasteiger partial charge in [0.15, 0.2) is 0 Å². The molecule has 0 aliphatic heterocycles. The van der Waals surface area contributed by atoms with Gasteiger partial charge in [0.2, 0.25) is 0 Å². The SMILES string of the molecule is Cc1cc(Nc2ccc(Cl)cc2Br)c(C(N)=S)c(C)n1. The fourth-order valence-electron chi connectivity index (χ4n) is 1.97. The van der Waals surface area contributed by atoms with Crippen molar-refractivity contribution >= 4 is 56.1 Å². The van der Waals surface area contributed by atoms with Crippen LogP contribution in [0.1, 0.15) is 17.0 Å². The molecule has 1 aromatic carbocycles. The van der Waals surface area contributed by atoms with Crippen molar-refractivity contribution in [2.24, 2.45) is 5.73 Å². The van der Waals surface area contributed by atoms with Crippen LogP contribution in [0, 0.1) is 13.8 Å². The molecule has 104 valence electrons. The molecular formula is C14H13BrClN3S. The maximum absolute atomic E-state index is 5.94. The van der Waals surface area contributed by atoms with E-state index in [1.165, 1.54) is 0 Å². The van der Waals surface area contributed by atoms with Crippen LogP contribution in [0.4, 0.5) is 11.4 Å². The van der Waals surface area contributed by atoms with Crippen LogP contribution >= 0.6 is 39.7 Å². The Kier molecular flexibility index (Phi) is 4.62. The maximum Gasteiger partial charge on any atom is 0.107 e. The Bertz CT molecular complexity index is 688. The Morgan fingerprint density at radius 2 is 2.00 bits per heavy atom. The Labute approximate surface area is 136 Å². The number of hydrogen-bond donors (Lipinski definition) is 2. The number of aromatic nitrogens is 1. The van der Waals surface area contributed by atoms with Gasteiger partial charge in [0.25, 0.3) is 0 Å². The first-order valence-corrected chi connectivity index (χ1v) is 7.46. The lowest BCUT2D eigenvalue weighted by molar-refractivity contribution is 1.11. The summed E-state index contributed by atoms with van der Waals surface area (Å²) in [6.07, 6.45) is 0. The average molecular weight is 371 g/mol. The largest absolute Gasteiger partial charge is 0.389 e. The molecule has 1 heterocycles. The molecule has 0 saturated carbocycles. The summed E-state index contributed by atoms with van der Waals surface area (Å²) < 4.78 is 0.867. The van der Waals surface area contributed by atoms with Crippen molar-refractivity contribution < 1.29 is 0 Å². The smallest absolute Gasteiger partial charge is 0.107 e. The predicted molar refractivity (Wildman–Crippen MR) is 92.0 cm³/mol. The van der Waals surface area contributed by atoms with E-state index in [4.69, 9.17) is 29.6 Å². The van der Waals surface area contributed by atoms with Crippen LogP contribution in [0.3, 0.4) is 0 Å². The van der Waals surface area contributed by atoms with E-state index < -0.39 is 0 Å². The third-order valence-electron chi connectivity index (χ3n) is 2.78. The molecule has 6 heteroatoms. The predicted octanol–water partition coefficient (Wildman–Crippen LogP) is 4.49. The van der Waals surface area contributed by atoms with Crippen molar-refractivity contribution in [2.75, 3.05) is 5.32 Å². The molecular weight excluding hydrogens is 358 g/mol. The molecule has 0 bridgehead atoms. The highest BCUT2D eigenvalue weighted by atomic mass is 79.9. The van der Waals surface area contributed by atoms with Gasteiger partial charge in [-0.2, -0.15) is 0 Å². The number of nitrogens with two attached hydrogens (primary N) is 1. The number of rotatable bonds is 3. The van der Waals surface area contributed by atoms with Gasteiger partial charge in [-0.05, 0) is 54.0 Å². The van der Waals surface area contributed by atoms with Gasteiger partial charge < -0.3 is 11.1 Å². The van der Waals surface area contributed by atoms with Crippen molar-refractivity contribution in [1.29, 1.82) is 0 Å². The lowest BCUT2D eigenvalue weighted by Crippen LogP contribution is -2.15. The van der Waals surface area contributed by atoms with Crippen LogP contribution in [0.5, 0.6) is 0 Å². The minimum absolute atomic E-state index is 0.322. The second kappa shape index (κ2) is 6.08. The van der Waals surface area contributed by atoms with Crippen LogP contribution in [-0.2, 0) is 0 Å². The van der Waals surface area contributed by atoms with E-state index in [9.17, 15) is 0 Å². The molecule has 0 atom stereocenters. The van der Waals surface area contributed by atoms with E-state index in [2.05, 4.69) is 26.2 Å². The van der Waals surface area contributed by atoms with Gasteiger partial charge >= 0.3 is 0 Å². The molecule has 0 unspecified atom stereocenters. The van der Waals surface area contributed by atoms with Gasteiger partial charge in [0.1, 0.15) is 4.99 Å². The van der Waals surface area contributed by atoms with E-state index in [-0.39, 0.29) is 0 Å². The fraction of sp³-hybridized carbons (Fsp3) is 0.143. The number of nitrogens with one attached hydrogen (secondary N) is 1. The zero-order chi connectivity index (χ0) is 14.9. The fourth-order valence-corrected chi connectivity index (χ4v) is 3.01. The van der Waals surface area contributed by atoms with Crippen molar-refractivity contribution in [3.8, 4) is 0 Å². The Hall–Kier alpha value is -1.17. The number of hydrogen-bond acceptors (Lipinski definition) is 3. The highest BCUT2D eigenvalue weighted by molar-refractivity contribution is 9.10. The van der Waals surface area contributed by atoms with E-state index in [0.717, 1.165) is 32.8 Å². The summed E-state index contributed by atoms with van der Waals surface area (Å²) >= 11 is 14.5. The van der Waals surface area contributed by atoms with Crippen molar-refractivity contribution in [1.82, 2.24) is 4.98 Å². The van der Waals surface area contributed by atoms with Gasteiger partial charge in [0, 0.05) is 20.9 Å². The van der Waals surface area contributed by atoms with E-state index in [1.807, 2.05) is 38.1 Å². The Morgan fingerprint density at radius 3 is 2.60 bits per heavy atom. The molecule has 0 radical (unpaired) electrons. The van der Waals surface area contributed by atoms with Crippen LogP contribution in [0.25, 0.3) is 0 Å². The first kappa shape index (κ1) is 15.2. The number of thiocarbonyl (C=S) groups is 1. The lowest BCUT2D eigenvalue weighted by Gasteiger charge is -2.15. The number of aryl methyl sites for hydroxylation is 2. The second-order valence-corrected chi connectivity index (χ2v) is 6.12. The first-order chi connectivity index (χ1) is 9.38. The molecule has 0 aliphatic rings. The van der Waals surface area contributed by atoms with Crippen molar-refractivity contribution in [3.05, 3.63) is 50.7 Å². The van der Waals surface area contributed by atoms with Crippen molar-refractivity contribution in [3.63, 3.8) is 0 Å². The summed E-state index contributed by atoms with van der Waals surface area (Å²) in [7, 11) is 0. The summed E-state index contributed by atoms with van der Waals surface area (Å²) in [4.78, 5) is 4.72. The molecule has 20 heavy (non-hydrogen) atoms. The zero-order valence-corrected chi connectivity index (χ0v) is 14.2. The van der Waals surface area contributed by atoms with Gasteiger partial charge in [-0.15, -0.1) is 0 Å². The normalized spacial score (nSPS) is 10.4. The average Bonchev–Trinajstić information content (AvgIpc) is 2.31. The molecule has 2 aromatic rings. The summed E-state index contributed by atoms with van der Waals surface area (Å²) in [6.45, 7) is 3.82. The third-order valence-corrected chi connectivity index (χ3v) is 3.87. The Morgan fingerprint density at radius 1 is 1.30 bits per heavy atom. The highest BCUT2D eigenvalue weighted by Crippen LogP contribution is 2.30. The molecule has 0 saturated heterocycles. The number of halogens is 2. The monoisotopic (exact) mass is 369 g/mol. The van der Waals surface area contributed by atoms with E-state index in [1.54, 1.807) is 0 Å². The second-order valence-electron chi connectivity index (χ2n) is 4.39. The molecule has 3 nitrogen and oxygen atoms in total. The summed E-state index contributed by atoms with van der Waals surface area (Å²) in [5.74, 6) is 0. The summed E-state index contributed by atoms with van der Waals surface area (Å²) in [6, 6.07) is 7.45. The molecule has 3 N–H and O–H groups in total. The summed E-state index contributed by atoms with van der Waals surface area (Å²) in [5, 5.41) is 3.98. The molecule has 0 fully saturated rings. The number of pyridine rings is 1. The topological polar surface area (TPSA) is 50.9 Å². The molecule has 0 aliphatic carbocycles. The molecule has 2 rings (SSSR count). The highest BCUT2D eigenvalue weighted by Gasteiger charge is 2.12. The van der Waals surface area contributed by atoms with Crippen LogP contribution in [0.15, 0.2) is 28.7 Å².